The second-order valence-corrected chi connectivity index (χ2v) is 6.10. The number of unbranched alkanes of at least 4 members (excludes halogenated alkanes) is 3. The van der Waals surface area contributed by atoms with Gasteiger partial charge in [-0.1, -0.05) is 6.08 Å². The van der Waals surface area contributed by atoms with Gasteiger partial charge in [-0.25, -0.2) is 0 Å². The lowest BCUT2D eigenvalue weighted by Crippen LogP contribution is -2.59. The zero-order chi connectivity index (χ0) is 17.9. The standard InChI is InChI=1S/C17H30O7/c1-2-3-4-5-8-12(19)9-6-7-10-23-17-16(22)15(21)14(20)13(11-18)24-17/h2,13-18,20-22H,1,3-11H2/t13-,14-,15+,16-,17-/m1/s1. The van der Waals surface area contributed by atoms with Gasteiger partial charge in [-0.15, -0.1) is 6.58 Å². The van der Waals surface area contributed by atoms with E-state index in [2.05, 4.69) is 6.58 Å². The second kappa shape index (κ2) is 11.7. The number of rotatable bonds is 12. The summed E-state index contributed by atoms with van der Waals surface area (Å²) in [6, 6.07) is 0. The fourth-order valence-electron chi connectivity index (χ4n) is 2.56. The van der Waals surface area contributed by atoms with Gasteiger partial charge in [-0.05, 0) is 32.1 Å². The second-order valence-electron chi connectivity index (χ2n) is 6.10. The topological polar surface area (TPSA) is 116 Å². The highest BCUT2D eigenvalue weighted by Crippen LogP contribution is 2.22. The third-order valence-corrected chi connectivity index (χ3v) is 4.09. The van der Waals surface area contributed by atoms with E-state index in [0.717, 1.165) is 19.3 Å². The molecule has 0 bridgehead atoms. The van der Waals surface area contributed by atoms with Crippen LogP contribution >= 0.6 is 0 Å². The summed E-state index contributed by atoms with van der Waals surface area (Å²) in [6.45, 7) is 3.42. The van der Waals surface area contributed by atoms with E-state index >= 15 is 0 Å². The molecule has 0 spiro atoms. The molecule has 1 fully saturated rings. The van der Waals surface area contributed by atoms with Crippen LogP contribution in [0.2, 0.25) is 0 Å². The van der Waals surface area contributed by atoms with Gasteiger partial charge in [0.15, 0.2) is 6.29 Å². The van der Waals surface area contributed by atoms with Crippen LogP contribution in [-0.2, 0) is 14.3 Å². The first-order chi connectivity index (χ1) is 11.5. The Bertz CT molecular complexity index is 372. The molecule has 24 heavy (non-hydrogen) atoms. The maximum Gasteiger partial charge on any atom is 0.186 e. The maximum absolute atomic E-state index is 11.7. The highest BCUT2D eigenvalue weighted by molar-refractivity contribution is 5.78. The minimum atomic E-state index is -1.43. The van der Waals surface area contributed by atoms with Crippen LogP contribution in [0.1, 0.15) is 44.9 Å². The molecule has 0 aromatic carbocycles. The molecule has 140 valence electrons. The molecule has 1 aliphatic heterocycles. The molecule has 1 saturated heterocycles. The monoisotopic (exact) mass is 346 g/mol. The molecule has 0 radical (unpaired) electrons. The van der Waals surface area contributed by atoms with E-state index in [0.29, 0.717) is 25.7 Å². The van der Waals surface area contributed by atoms with Crippen molar-refractivity contribution < 1.29 is 34.7 Å². The summed E-state index contributed by atoms with van der Waals surface area (Å²) < 4.78 is 10.6. The van der Waals surface area contributed by atoms with E-state index in [1.165, 1.54) is 0 Å². The Morgan fingerprint density at radius 1 is 1.04 bits per heavy atom. The van der Waals surface area contributed by atoms with Crippen LogP contribution in [0.25, 0.3) is 0 Å². The van der Waals surface area contributed by atoms with Crippen molar-refractivity contribution in [3.63, 3.8) is 0 Å². The van der Waals surface area contributed by atoms with Gasteiger partial charge in [-0.2, -0.15) is 0 Å². The van der Waals surface area contributed by atoms with Crippen molar-refractivity contribution >= 4 is 5.78 Å². The first-order valence-corrected chi connectivity index (χ1v) is 8.56. The number of ketones is 1. The van der Waals surface area contributed by atoms with Crippen LogP contribution in [0.15, 0.2) is 12.7 Å². The number of aliphatic hydroxyl groups is 4. The maximum atomic E-state index is 11.7. The van der Waals surface area contributed by atoms with Crippen molar-refractivity contribution in [3.05, 3.63) is 12.7 Å². The number of carbonyl (C=O) groups excluding carboxylic acids is 1. The van der Waals surface area contributed by atoms with E-state index in [4.69, 9.17) is 14.6 Å². The highest BCUT2D eigenvalue weighted by Gasteiger charge is 2.43. The fourth-order valence-corrected chi connectivity index (χ4v) is 2.56. The molecule has 7 heteroatoms. The van der Waals surface area contributed by atoms with Gasteiger partial charge in [-0.3, -0.25) is 4.79 Å². The zero-order valence-electron chi connectivity index (χ0n) is 14.0. The lowest BCUT2D eigenvalue weighted by atomic mass is 9.99. The SMILES string of the molecule is C=CCCCCC(=O)CCCCO[C@@H]1O[C@H](CO)[C@@H](O)[C@H](O)[C@H]1O. The van der Waals surface area contributed by atoms with E-state index in [9.17, 15) is 20.1 Å². The summed E-state index contributed by atoms with van der Waals surface area (Å²) in [5.74, 6) is 0.229. The van der Waals surface area contributed by atoms with Gasteiger partial charge < -0.3 is 29.9 Å². The van der Waals surface area contributed by atoms with Gasteiger partial charge in [0.25, 0.3) is 0 Å². The molecule has 0 saturated carbocycles. The summed E-state index contributed by atoms with van der Waals surface area (Å²) in [5, 5.41) is 38.2. The normalized spacial score (nSPS) is 30.2. The molecular weight excluding hydrogens is 316 g/mol. The van der Waals surface area contributed by atoms with Crippen LogP contribution in [0.4, 0.5) is 0 Å². The third kappa shape index (κ3) is 6.96. The number of Topliss-reactive ketones (excluding diaryl/α,β-unsaturated/α-hetero) is 1. The first kappa shape index (κ1) is 21.2. The fraction of sp³-hybridized carbons (Fsp3) is 0.824. The van der Waals surface area contributed by atoms with E-state index in [1.807, 2.05) is 6.08 Å². The number of hydrogen-bond donors (Lipinski definition) is 4. The van der Waals surface area contributed by atoms with Crippen molar-refractivity contribution in [2.24, 2.45) is 0 Å². The van der Waals surface area contributed by atoms with E-state index < -0.39 is 37.3 Å². The Balaban J connectivity index is 2.16. The Morgan fingerprint density at radius 3 is 2.33 bits per heavy atom. The summed E-state index contributed by atoms with van der Waals surface area (Å²) >= 11 is 0. The highest BCUT2D eigenvalue weighted by atomic mass is 16.7. The summed E-state index contributed by atoms with van der Waals surface area (Å²) in [7, 11) is 0. The molecule has 0 amide bonds. The summed E-state index contributed by atoms with van der Waals surface area (Å²) in [4.78, 5) is 11.7. The molecule has 1 rings (SSSR count). The van der Waals surface area contributed by atoms with Crippen LogP contribution in [-0.4, -0.2) is 70.1 Å². The van der Waals surface area contributed by atoms with Crippen LogP contribution in [0.3, 0.4) is 0 Å². The van der Waals surface area contributed by atoms with Gasteiger partial charge in [0.2, 0.25) is 0 Å². The largest absolute Gasteiger partial charge is 0.394 e. The Labute approximate surface area is 142 Å². The molecule has 4 N–H and O–H groups in total. The number of aliphatic hydroxyl groups excluding tert-OH is 4. The van der Waals surface area contributed by atoms with Gasteiger partial charge >= 0.3 is 0 Å². The summed E-state index contributed by atoms with van der Waals surface area (Å²) in [5.41, 5.74) is 0. The number of ether oxygens (including phenoxy) is 2. The molecule has 0 unspecified atom stereocenters. The Kier molecular flexibility index (Phi) is 10.3. The predicted octanol–water partition coefficient (Wildman–Crippen LogP) is 0.289. The van der Waals surface area contributed by atoms with Crippen molar-refractivity contribution in [2.45, 2.75) is 75.7 Å². The lowest BCUT2D eigenvalue weighted by Gasteiger charge is -2.39. The Hall–Kier alpha value is -0.830. The quantitative estimate of drug-likeness (QED) is 0.296. The number of hydrogen-bond acceptors (Lipinski definition) is 7. The number of carbonyl (C=O) groups is 1. The minimum absolute atomic E-state index is 0.229. The van der Waals surface area contributed by atoms with E-state index in [1.54, 1.807) is 0 Å². The molecule has 0 aromatic heterocycles. The first-order valence-electron chi connectivity index (χ1n) is 8.56. The van der Waals surface area contributed by atoms with Crippen molar-refractivity contribution in [1.82, 2.24) is 0 Å². The predicted molar refractivity (Wildman–Crippen MR) is 87.2 cm³/mol. The molecule has 0 aliphatic carbocycles. The molecule has 7 nitrogen and oxygen atoms in total. The smallest absolute Gasteiger partial charge is 0.186 e. The summed E-state index contributed by atoms with van der Waals surface area (Å²) in [6.07, 6.45) is 0.748. The molecule has 0 aromatic rings. The van der Waals surface area contributed by atoms with Gasteiger partial charge in [0, 0.05) is 19.4 Å². The molecule has 5 atom stereocenters. The van der Waals surface area contributed by atoms with Crippen molar-refractivity contribution in [2.75, 3.05) is 13.2 Å². The van der Waals surface area contributed by atoms with E-state index in [-0.39, 0.29) is 12.4 Å². The van der Waals surface area contributed by atoms with Crippen LogP contribution < -0.4 is 0 Å². The van der Waals surface area contributed by atoms with Crippen LogP contribution in [0, 0.1) is 0 Å². The third-order valence-electron chi connectivity index (χ3n) is 4.09. The average Bonchev–Trinajstić information content (AvgIpc) is 2.58. The number of allylic oxidation sites excluding steroid dienone is 1. The molecule has 1 aliphatic rings. The Morgan fingerprint density at radius 2 is 1.71 bits per heavy atom. The van der Waals surface area contributed by atoms with Crippen molar-refractivity contribution in [1.29, 1.82) is 0 Å². The average molecular weight is 346 g/mol. The minimum Gasteiger partial charge on any atom is -0.394 e. The lowest BCUT2D eigenvalue weighted by molar-refractivity contribution is -0.301. The van der Waals surface area contributed by atoms with Gasteiger partial charge in [0.1, 0.15) is 30.2 Å². The molecule has 1 heterocycles. The molecular formula is C17H30O7. The van der Waals surface area contributed by atoms with Gasteiger partial charge in [0.05, 0.1) is 6.61 Å². The van der Waals surface area contributed by atoms with Crippen LogP contribution in [0.5, 0.6) is 0 Å². The van der Waals surface area contributed by atoms with Crippen molar-refractivity contribution in [3.8, 4) is 0 Å². The zero-order valence-corrected chi connectivity index (χ0v) is 14.0.